The molecular formula is C11H25NO2S. The Hall–Kier alpha value is 0.230. The normalized spacial score (nSPS) is 13.4. The summed E-state index contributed by atoms with van der Waals surface area (Å²) in [6.07, 6.45) is 3.96. The van der Waals surface area contributed by atoms with Crippen molar-refractivity contribution in [1.29, 1.82) is 0 Å². The second kappa shape index (κ2) is 10.7. The quantitative estimate of drug-likeness (QED) is 0.581. The van der Waals surface area contributed by atoms with Gasteiger partial charge in [-0.3, -0.25) is 0 Å². The fourth-order valence-corrected chi connectivity index (χ4v) is 1.71. The maximum atomic E-state index is 9.64. The Morgan fingerprint density at radius 3 is 2.80 bits per heavy atom. The van der Waals surface area contributed by atoms with E-state index in [4.69, 9.17) is 4.74 Å². The second-order valence-corrected chi connectivity index (χ2v) is 4.82. The molecule has 0 bridgehead atoms. The van der Waals surface area contributed by atoms with E-state index in [0.717, 1.165) is 31.7 Å². The molecule has 0 spiro atoms. The van der Waals surface area contributed by atoms with Crippen LogP contribution >= 0.6 is 11.8 Å². The van der Waals surface area contributed by atoms with Crippen LogP contribution in [0.25, 0.3) is 0 Å². The van der Waals surface area contributed by atoms with Crippen molar-refractivity contribution in [3.63, 3.8) is 0 Å². The Labute approximate surface area is 98.2 Å². The maximum Gasteiger partial charge on any atom is 0.0900 e. The molecule has 0 heterocycles. The van der Waals surface area contributed by atoms with E-state index in [1.165, 1.54) is 0 Å². The standard InChI is InChI=1S/C11H25NO2S/c1-4-5-7-14-10-11(13)9-12(2)6-8-15-3/h11,13H,4-10H2,1-3H3. The van der Waals surface area contributed by atoms with E-state index in [-0.39, 0.29) is 6.10 Å². The highest BCUT2D eigenvalue weighted by Gasteiger charge is 2.07. The molecular weight excluding hydrogens is 210 g/mol. The van der Waals surface area contributed by atoms with Gasteiger partial charge in [0.05, 0.1) is 12.7 Å². The summed E-state index contributed by atoms with van der Waals surface area (Å²) in [7, 11) is 2.03. The molecule has 0 fully saturated rings. The van der Waals surface area contributed by atoms with E-state index < -0.39 is 0 Å². The highest BCUT2D eigenvalue weighted by atomic mass is 32.2. The SMILES string of the molecule is CCCCOCC(O)CN(C)CCSC. The molecule has 1 N–H and O–H groups in total. The van der Waals surface area contributed by atoms with Crippen molar-refractivity contribution < 1.29 is 9.84 Å². The largest absolute Gasteiger partial charge is 0.389 e. The molecule has 0 aromatic rings. The first-order valence-electron chi connectivity index (χ1n) is 5.64. The molecule has 0 amide bonds. The Morgan fingerprint density at radius 1 is 1.47 bits per heavy atom. The van der Waals surface area contributed by atoms with E-state index >= 15 is 0 Å². The van der Waals surface area contributed by atoms with Gasteiger partial charge in [-0.15, -0.1) is 0 Å². The molecule has 15 heavy (non-hydrogen) atoms. The number of ether oxygens (including phenoxy) is 1. The van der Waals surface area contributed by atoms with Crippen molar-refractivity contribution in [3.8, 4) is 0 Å². The van der Waals surface area contributed by atoms with Crippen LogP contribution in [0.5, 0.6) is 0 Å². The lowest BCUT2D eigenvalue weighted by molar-refractivity contribution is 0.0208. The summed E-state index contributed by atoms with van der Waals surface area (Å²) in [6.45, 7) is 5.08. The summed E-state index contributed by atoms with van der Waals surface area (Å²) in [6, 6.07) is 0. The van der Waals surface area contributed by atoms with Gasteiger partial charge in [0, 0.05) is 25.4 Å². The van der Waals surface area contributed by atoms with Crippen LogP contribution in [0.15, 0.2) is 0 Å². The van der Waals surface area contributed by atoms with Crippen LogP contribution < -0.4 is 0 Å². The zero-order chi connectivity index (χ0) is 11.5. The van der Waals surface area contributed by atoms with Crippen LogP contribution in [0.4, 0.5) is 0 Å². The topological polar surface area (TPSA) is 32.7 Å². The van der Waals surface area contributed by atoms with Gasteiger partial charge in [-0.2, -0.15) is 11.8 Å². The minimum absolute atomic E-state index is 0.353. The third-order valence-corrected chi connectivity index (χ3v) is 2.74. The lowest BCUT2D eigenvalue weighted by Gasteiger charge is -2.20. The zero-order valence-corrected chi connectivity index (χ0v) is 11.1. The highest BCUT2D eigenvalue weighted by molar-refractivity contribution is 7.98. The van der Waals surface area contributed by atoms with Gasteiger partial charge in [0.1, 0.15) is 0 Å². The number of hydrogen-bond acceptors (Lipinski definition) is 4. The first-order chi connectivity index (χ1) is 7.20. The smallest absolute Gasteiger partial charge is 0.0900 e. The summed E-state index contributed by atoms with van der Waals surface area (Å²) in [4.78, 5) is 2.14. The van der Waals surface area contributed by atoms with E-state index in [0.29, 0.717) is 13.2 Å². The Morgan fingerprint density at radius 2 is 2.20 bits per heavy atom. The third-order valence-electron chi connectivity index (χ3n) is 2.15. The van der Waals surface area contributed by atoms with Crippen LogP contribution in [0.3, 0.4) is 0 Å². The number of unbranched alkanes of at least 4 members (excludes halogenated alkanes) is 1. The summed E-state index contributed by atoms with van der Waals surface area (Å²) in [5.41, 5.74) is 0. The summed E-state index contributed by atoms with van der Waals surface area (Å²) in [5.74, 6) is 1.11. The van der Waals surface area contributed by atoms with Crippen LogP contribution in [-0.2, 0) is 4.74 Å². The second-order valence-electron chi connectivity index (χ2n) is 3.84. The van der Waals surface area contributed by atoms with Gasteiger partial charge < -0.3 is 14.7 Å². The van der Waals surface area contributed by atoms with Crippen molar-refractivity contribution in [2.24, 2.45) is 0 Å². The molecule has 3 nitrogen and oxygen atoms in total. The Balaban J connectivity index is 3.33. The van der Waals surface area contributed by atoms with Gasteiger partial charge in [-0.25, -0.2) is 0 Å². The number of aliphatic hydroxyl groups is 1. The molecule has 0 saturated carbocycles. The predicted molar refractivity (Wildman–Crippen MR) is 67.6 cm³/mol. The number of aliphatic hydroxyl groups excluding tert-OH is 1. The molecule has 0 aliphatic carbocycles. The molecule has 0 radical (unpaired) electrons. The minimum atomic E-state index is -0.353. The molecule has 1 atom stereocenters. The van der Waals surface area contributed by atoms with E-state index in [1.807, 2.05) is 18.8 Å². The lowest BCUT2D eigenvalue weighted by Crippen LogP contribution is -2.33. The molecule has 92 valence electrons. The summed E-state index contributed by atoms with van der Waals surface area (Å²) >= 11 is 1.83. The van der Waals surface area contributed by atoms with Crippen molar-refractivity contribution in [2.75, 3.05) is 45.4 Å². The molecule has 0 aliphatic heterocycles. The fourth-order valence-electron chi connectivity index (χ4n) is 1.22. The lowest BCUT2D eigenvalue weighted by atomic mass is 10.3. The highest BCUT2D eigenvalue weighted by Crippen LogP contribution is 1.96. The number of thioether (sulfide) groups is 1. The van der Waals surface area contributed by atoms with Crippen LogP contribution in [-0.4, -0.2) is 61.5 Å². The number of rotatable bonds is 10. The first-order valence-corrected chi connectivity index (χ1v) is 7.03. The molecule has 4 heteroatoms. The van der Waals surface area contributed by atoms with E-state index in [2.05, 4.69) is 18.1 Å². The van der Waals surface area contributed by atoms with Crippen molar-refractivity contribution in [3.05, 3.63) is 0 Å². The predicted octanol–water partition coefficient (Wildman–Crippen LogP) is 1.46. The zero-order valence-electron chi connectivity index (χ0n) is 10.2. The fraction of sp³-hybridized carbons (Fsp3) is 1.00. The van der Waals surface area contributed by atoms with Gasteiger partial charge in [-0.1, -0.05) is 13.3 Å². The molecule has 0 aromatic carbocycles. The number of likely N-dealkylation sites (N-methyl/N-ethyl adjacent to an activating group) is 1. The summed E-state index contributed by atoms with van der Waals surface area (Å²) < 4.78 is 5.36. The van der Waals surface area contributed by atoms with Crippen LogP contribution in [0.2, 0.25) is 0 Å². The maximum absolute atomic E-state index is 9.64. The average molecular weight is 235 g/mol. The molecule has 0 aromatic heterocycles. The van der Waals surface area contributed by atoms with Gasteiger partial charge >= 0.3 is 0 Å². The van der Waals surface area contributed by atoms with E-state index in [1.54, 1.807) is 0 Å². The van der Waals surface area contributed by atoms with Gasteiger partial charge in [0.15, 0.2) is 0 Å². The van der Waals surface area contributed by atoms with Gasteiger partial charge in [-0.05, 0) is 19.7 Å². The summed E-state index contributed by atoms with van der Waals surface area (Å²) in [5, 5.41) is 9.64. The van der Waals surface area contributed by atoms with Gasteiger partial charge in [0.2, 0.25) is 0 Å². The molecule has 0 rings (SSSR count). The molecule has 0 aliphatic rings. The monoisotopic (exact) mass is 235 g/mol. The molecule has 1 unspecified atom stereocenters. The van der Waals surface area contributed by atoms with Crippen molar-refractivity contribution in [1.82, 2.24) is 4.90 Å². The Kier molecular flexibility index (Phi) is 10.9. The van der Waals surface area contributed by atoms with Crippen molar-refractivity contribution >= 4 is 11.8 Å². The van der Waals surface area contributed by atoms with Crippen LogP contribution in [0, 0.1) is 0 Å². The third kappa shape index (κ3) is 10.5. The number of hydrogen-bond donors (Lipinski definition) is 1. The number of nitrogens with zero attached hydrogens (tertiary/aromatic N) is 1. The average Bonchev–Trinajstić information content (AvgIpc) is 2.21. The van der Waals surface area contributed by atoms with Gasteiger partial charge in [0.25, 0.3) is 0 Å². The van der Waals surface area contributed by atoms with Crippen LogP contribution in [0.1, 0.15) is 19.8 Å². The minimum Gasteiger partial charge on any atom is -0.389 e. The van der Waals surface area contributed by atoms with E-state index in [9.17, 15) is 5.11 Å². The first kappa shape index (κ1) is 15.2. The Bertz CT molecular complexity index is 136. The van der Waals surface area contributed by atoms with Crippen molar-refractivity contribution in [2.45, 2.75) is 25.9 Å². The molecule has 0 saturated heterocycles.